The molecule has 41 heavy (non-hydrogen) atoms. The van der Waals surface area contributed by atoms with Crippen LogP contribution in [-0.4, -0.2) is 18.0 Å². The number of hydrogen-bond acceptors (Lipinski definition) is 3. The third-order valence-corrected chi connectivity index (χ3v) is 6.90. The topological polar surface area (TPSA) is 50.7 Å². The van der Waals surface area contributed by atoms with E-state index >= 15 is 0 Å². The summed E-state index contributed by atoms with van der Waals surface area (Å²) in [4.78, 5) is 18.0. The van der Waals surface area contributed by atoms with Gasteiger partial charge in [0.2, 0.25) is 5.91 Å². The van der Waals surface area contributed by atoms with Crippen LogP contribution in [0.1, 0.15) is 34.7 Å². The lowest BCUT2D eigenvalue weighted by Gasteiger charge is -2.19. The average Bonchev–Trinajstić information content (AvgIpc) is 3.36. The Morgan fingerprint density at radius 2 is 1.51 bits per heavy atom. The van der Waals surface area contributed by atoms with Gasteiger partial charge in [-0.1, -0.05) is 72.3 Å². The van der Waals surface area contributed by atoms with Crippen molar-refractivity contribution in [3.05, 3.63) is 125 Å². The first-order valence-corrected chi connectivity index (χ1v) is 12.9. The second-order valence-corrected chi connectivity index (χ2v) is 9.83. The number of rotatable bonds is 7. The molecule has 4 aromatic rings. The van der Waals surface area contributed by atoms with Crippen LogP contribution in [0, 0.1) is 24.5 Å². The molecule has 1 N–H and O–H groups in total. The van der Waals surface area contributed by atoms with E-state index in [1.54, 1.807) is 24.3 Å². The Hall–Kier alpha value is -4.53. The first kappa shape index (κ1) is 28.0. The highest BCUT2D eigenvalue weighted by Crippen LogP contribution is 2.38. The van der Waals surface area contributed by atoms with Gasteiger partial charge in [-0.3, -0.25) is 9.79 Å². The number of nitrogens with zero attached hydrogens (tertiary/aromatic N) is 1. The van der Waals surface area contributed by atoms with Crippen molar-refractivity contribution in [1.29, 1.82) is 0 Å². The number of amides is 1. The average molecular weight is 565 g/mol. The third-order valence-electron chi connectivity index (χ3n) is 6.90. The minimum absolute atomic E-state index is 0.0462. The van der Waals surface area contributed by atoms with Gasteiger partial charge in [-0.05, 0) is 53.4 Å². The molecule has 5 rings (SSSR count). The summed E-state index contributed by atoms with van der Waals surface area (Å²) in [6.07, 6.45) is -4.73. The second-order valence-electron chi connectivity index (χ2n) is 9.83. The molecule has 1 aliphatic heterocycles. The number of carbonyl (C=O) groups excluding carboxylic acids is 1. The zero-order chi connectivity index (χ0) is 29.1. The van der Waals surface area contributed by atoms with Gasteiger partial charge in [0.25, 0.3) is 0 Å². The fourth-order valence-electron chi connectivity index (χ4n) is 4.98. The van der Waals surface area contributed by atoms with Gasteiger partial charge in [-0.25, -0.2) is 8.78 Å². The molecule has 4 aromatic carbocycles. The Kier molecular flexibility index (Phi) is 7.88. The van der Waals surface area contributed by atoms with E-state index < -0.39 is 30.0 Å². The Bertz CT molecular complexity index is 1560. The van der Waals surface area contributed by atoms with Gasteiger partial charge in [0, 0.05) is 18.7 Å². The number of carbonyl (C=O) groups is 1. The molecule has 0 bridgehead atoms. The number of ether oxygens (including phenoxy) is 1. The molecule has 0 saturated carbocycles. The maximum absolute atomic E-state index is 14.6. The van der Waals surface area contributed by atoms with Crippen LogP contribution in [0.25, 0.3) is 11.1 Å². The standard InChI is InChI=1S/C32H25F5N2O2/c1-19-4-2-5-20(16-19)18-38-31(40)25-17-28(29-26(33)6-3-7-27(29)34)39-30(25)23-10-8-21(9-11-23)22-12-14-24(15-13-22)41-32(35,36)37/h2-16,25,30H,17-18H2,1H3,(H,38,40). The number of alkyl halides is 3. The number of aryl methyl sites for hydroxylation is 1. The van der Waals surface area contributed by atoms with E-state index in [9.17, 15) is 26.7 Å². The second kappa shape index (κ2) is 11.5. The van der Waals surface area contributed by atoms with E-state index in [1.165, 1.54) is 30.3 Å². The fraction of sp³-hybridized carbons (Fsp3) is 0.188. The number of halogens is 5. The molecule has 9 heteroatoms. The van der Waals surface area contributed by atoms with Gasteiger partial charge in [0.1, 0.15) is 17.4 Å². The highest BCUT2D eigenvalue weighted by atomic mass is 19.4. The Morgan fingerprint density at radius 3 is 2.12 bits per heavy atom. The van der Waals surface area contributed by atoms with Crippen LogP contribution in [0.5, 0.6) is 5.75 Å². The zero-order valence-corrected chi connectivity index (χ0v) is 21.9. The summed E-state index contributed by atoms with van der Waals surface area (Å²) in [5.74, 6) is -2.84. The van der Waals surface area contributed by atoms with Gasteiger partial charge in [-0.2, -0.15) is 0 Å². The normalized spacial score (nSPS) is 16.8. The maximum atomic E-state index is 14.6. The Labute approximate surface area is 233 Å². The fourth-order valence-corrected chi connectivity index (χ4v) is 4.98. The Morgan fingerprint density at radius 1 is 0.902 bits per heavy atom. The number of hydrogen-bond donors (Lipinski definition) is 1. The lowest BCUT2D eigenvalue weighted by Crippen LogP contribution is -2.32. The smallest absolute Gasteiger partial charge is 0.406 e. The molecule has 210 valence electrons. The van der Waals surface area contributed by atoms with E-state index in [0.717, 1.165) is 28.8 Å². The molecule has 2 unspecified atom stereocenters. The number of benzene rings is 4. The zero-order valence-electron chi connectivity index (χ0n) is 21.9. The molecule has 1 heterocycles. The minimum atomic E-state index is -4.78. The predicted octanol–water partition coefficient (Wildman–Crippen LogP) is 7.71. The van der Waals surface area contributed by atoms with Crippen LogP contribution in [0.3, 0.4) is 0 Å². The minimum Gasteiger partial charge on any atom is -0.406 e. The van der Waals surface area contributed by atoms with Crippen molar-refractivity contribution in [2.24, 2.45) is 10.9 Å². The van der Waals surface area contributed by atoms with Gasteiger partial charge >= 0.3 is 6.36 Å². The van der Waals surface area contributed by atoms with Crippen molar-refractivity contribution in [2.75, 3.05) is 0 Å². The summed E-state index contributed by atoms with van der Waals surface area (Å²) in [6, 6.07) is 23.1. The largest absolute Gasteiger partial charge is 0.573 e. The predicted molar refractivity (Wildman–Crippen MR) is 145 cm³/mol. The van der Waals surface area contributed by atoms with E-state index in [1.807, 2.05) is 31.2 Å². The van der Waals surface area contributed by atoms with E-state index in [0.29, 0.717) is 17.7 Å². The lowest BCUT2D eigenvalue weighted by molar-refractivity contribution is -0.274. The molecule has 0 fully saturated rings. The maximum Gasteiger partial charge on any atom is 0.573 e. The summed E-state index contributed by atoms with van der Waals surface area (Å²) in [5, 5.41) is 2.94. The SMILES string of the molecule is Cc1cccc(CNC(=O)C2CC(c3c(F)cccc3F)=NC2c2ccc(-c3ccc(OC(F)(F)F)cc3)cc2)c1. The van der Waals surface area contributed by atoms with Crippen molar-refractivity contribution >= 4 is 11.6 Å². The quantitative estimate of drug-likeness (QED) is 0.234. The molecule has 0 radical (unpaired) electrons. The molecule has 4 nitrogen and oxygen atoms in total. The molecular formula is C32H25F5N2O2. The molecule has 2 atom stereocenters. The van der Waals surface area contributed by atoms with Gasteiger partial charge in [0.15, 0.2) is 0 Å². The van der Waals surface area contributed by atoms with Crippen molar-refractivity contribution < 1.29 is 31.5 Å². The van der Waals surface area contributed by atoms with Gasteiger partial charge < -0.3 is 10.1 Å². The lowest BCUT2D eigenvalue weighted by atomic mass is 9.89. The van der Waals surface area contributed by atoms with E-state index in [-0.39, 0.29) is 29.4 Å². The molecular weight excluding hydrogens is 539 g/mol. The van der Waals surface area contributed by atoms with Gasteiger partial charge in [0.05, 0.1) is 17.5 Å². The van der Waals surface area contributed by atoms with Crippen LogP contribution in [-0.2, 0) is 11.3 Å². The number of aliphatic imine (C=N–C) groups is 1. The summed E-state index contributed by atoms with van der Waals surface area (Å²) < 4.78 is 70.6. The van der Waals surface area contributed by atoms with Crippen LogP contribution >= 0.6 is 0 Å². The summed E-state index contributed by atoms with van der Waals surface area (Å²) in [6.45, 7) is 2.25. The van der Waals surface area contributed by atoms with Crippen molar-refractivity contribution in [2.45, 2.75) is 32.3 Å². The Balaban J connectivity index is 1.40. The molecule has 0 spiro atoms. The molecule has 1 amide bonds. The van der Waals surface area contributed by atoms with Crippen LogP contribution in [0.4, 0.5) is 22.0 Å². The van der Waals surface area contributed by atoms with Gasteiger partial charge in [-0.15, -0.1) is 13.2 Å². The third kappa shape index (κ3) is 6.62. The first-order valence-electron chi connectivity index (χ1n) is 12.9. The van der Waals surface area contributed by atoms with E-state index in [4.69, 9.17) is 0 Å². The summed E-state index contributed by atoms with van der Waals surface area (Å²) in [5.41, 5.74) is 3.93. The summed E-state index contributed by atoms with van der Waals surface area (Å²) in [7, 11) is 0. The molecule has 0 aliphatic carbocycles. The molecule has 1 aliphatic rings. The monoisotopic (exact) mass is 564 g/mol. The van der Waals surface area contributed by atoms with Crippen molar-refractivity contribution in [3.63, 3.8) is 0 Å². The highest BCUT2D eigenvalue weighted by molar-refractivity contribution is 6.05. The van der Waals surface area contributed by atoms with Crippen LogP contribution < -0.4 is 10.1 Å². The van der Waals surface area contributed by atoms with Crippen molar-refractivity contribution in [3.8, 4) is 16.9 Å². The van der Waals surface area contributed by atoms with Crippen LogP contribution in [0.2, 0.25) is 0 Å². The van der Waals surface area contributed by atoms with E-state index in [2.05, 4.69) is 15.0 Å². The number of nitrogens with one attached hydrogen (secondary N) is 1. The van der Waals surface area contributed by atoms with Crippen LogP contribution in [0.15, 0.2) is 96.0 Å². The summed E-state index contributed by atoms with van der Waals surface area (Å²) >= 11 is 0. The first-order chi connectivity index (χ1) is 19.6. The molecule has 0 aromatic heterocycles. The van der Waals surface area contributed by atoms with Crippen molar-refractivity contribution in [1.82, 2.24) is 5.32 Å². The highest BCUT2D eigenvalue weighted by Gasteiger charge is 2.37. The molecule has 0 saturated heterocycles.